The van der Waals surface area contributed by atoms with Gasteiger partial charge in [0, 0.05) is 22.4 Å². The van der Waals surface area contributed by atoms with Gasteiger partial charge in [-0.05, 0) is 17.5 Å². The van der Waals surface area contributed by atoms with E-state index in [2.05, 4.69) is 4.98 Å². The predicted molar refractivity (Wildman–Crippen MR) is 79.9 cm³/mol. The number of aromatic nitrogens is 1. The van der Waals surface area contributed by atoms with E-state index in [1.165, 1.54) is 0 Å². The van der Waals surface area contributed by atoms with Crippen LogP contribution in [0.15, 0.2) is 36.5 Å². The van der Waals surface area contributed by atoms with Crippen molar-refractivity contribution in [3.63, 3.8) is 0 Å². The largest absolute Gasteiger partial charge is 0.480 e. The highest BCUT2D eigenvalue weighted by atomic mass is 32.2. The Hall–Kier alpha value is -1.75. The van der Waals surface area contributed by atoms with E-state index in [-0.39, 0.29) is 11.7 Å². The summed E-state index contributed by atoms with van der Waals surface area (Å²) in [6, 6.07) is 9.45. The lowest BCUT2D eigenvalue weighted by molar-refractivity contribution is -0.137. The molecule has 2 rings (SSSR count). The number of carboxylic acids is 1. The number of nitrogens with zero attached hydrogens (tertiary/aromatic N) is 1. The van der Waals surface area contributed by atoms with Gasteiger partial charge in [-0.2, -0.15) is 0 Å². The molecule has 2 unspecified atom stereocenters. The fourth-order valence-corrected chi connectivity index (χ4v) is 3.78. The van der Waals surface area contributed by atoms with Gasteiger partial charge in [0.05, 0.1) is 11.3 Å². The van der Waals surface area contributed by atoms with Gasteiger partial charge < -0.3 is 5.11 Å². The zero-order chi connectivity index (χ0) is 14.7. The maximum absolute atomic E-state index is 12.3. The fraction of sp³-hybridized carbons (Fsp3) is 0.333. The van der Waals surface area contributed by atoms with Crippen molar-refractivity contribution in [3.05, 3.63) is 42.1 Å². The number of pyridine rings is 1. The van der Waals surface area contributed by atoms with Crippen LogP contribution < -0.4 is 0 Å². The molecule has 5 heteroatoms. The molecule has 1 N–H and O–H groups in total. The van der Waals surface area contributed by atoms with E-state index < -0.39 is 22.0 Å². The van der Waals surface area contributed by atoms with Crippen molar-refractivity contribution in [1.29, 1.82) is 0 Å². The van der Waals surface area contributed by atoms with E-state index in [0.717, 1.165) is 16.5 Å². The molecular weight excluding hydrogens is 274 g/mol. The van der Waals surface area contributed by atoms with Gasteiger partial charge in [-0.1, -0.05) is 38.1 Å². The van der Waals surface area contributed by atoms with E-state index in [4.69, 9.17) is 0 Å². The first-order valence-corrected chi connectivity index (χ1v) is 7.81. The molecule has 0 aliphatic heterocycles. The molecule has 2 aromatic rings. The third kappa shape index (κ3) is 3.04. The molecule has 0 saturated heterocycles. The number of para-hydroxylation sites is 1. The second-order valence-electron chi connectivity index (χ2n) is 5.02. The van der Waals surface area contributed by atoms with Crippen molar-refractivity contribution in [2.75, 3.05) is 0 Å². The predicted octanol–water partition coefficient (Wildman–Crippen LogP) is 2.59. The van der Waals surface area contributed by atoms with Gasteiger partial charge in [-0.15, -0.1) is 0 Å². The van der Waals surface area contributed by atoms with Gasteiger partial charge in [-0.3, -0.25) is 14.0 Å². The smallest absolute Gasteiger partial charge is 0.319 e. The molecule has 0 spiro atoms. The van der Waals surface area contributed by atoms with Crippen LogP contribution in [0.2, 0.25) is 0 Å². The summed E-state index contributed by atoms with van der Waals surface area (Å²) in [6.45, 7) is 3.55. The highest BCUT2D eigenvalue weighted by Gasteiger charge is 2.28. The Balaban J connectivity index is 2.32. The lowest BCUT2D eigenvalue weighted by Gasteiger charge is -2.16. The number of fused-ring (bicyclic) bond motifs is 1. The molecule has 0 aliphatic carbocycles. The van der Waals surface area contributed by atoms with Gasteiger partial charge in [0.15, 0.2) is 0 Å². The molecule has 1 aromatic carbocycles. The number of rotatable bonds is 5. The van der Waals surface area contributed by atoms with Crippen molar-refractivity contribution < 1.29 is 14.1 Å². The van der Waals surface area contributed by atoms with Crippen LogP contribution in [-0.4, -0.2) is 25.5 Å². The van der Waals surface area contributed by atoms with Crippen molar-refractivity contribution in [2.45, 2.75) is 24.9 Å². The van der Waals surface area contributed by atoms with Crippen molar-refractivity contribution >= 4 is 27.7 Å². The SMILES string of the molecule is CC(C)C(C(=O)O)S(=O)Cc1cccc2cccnc12. The Labute approximate surface area is 120 Å². The molecule has 0 radical (unpaired) electrons. The van der Waals surface area contributed by atoms with Crippen LogP contribution in [0.3, 0.4) is 0 Å². The summed E-state index contributed by atoms with van der Waals surface area (Å²) in [5.41, 5.74) is 1.62. The van der Waals surface area contributed by atoms with Crippen molar-refractivity contribution in [2.24, 2.45) is 5.92 Å². The molecule has 2 atom stereocenters. The number of carboxylic acid groups (broad SMARTS) is 1. The second kappa shape index (κ2) is 6.13. The van der Waals surface area contributed by atoms with Crippen molar-refractivity contribution in [3.8, 4) is 0 Å². The first-order valence-electron chi connectivity index (χ1n) is 6.43. The molecule has 0 fully saturated rings. The fourth-order valence-electron chi connectivity index (χ4n) is 2.23. The van der Waals surface area contributed by atoms with Gasteiger partial charge in [0.25, 0.3) is 0 Å². The summed E-state index contributed by atoms with van der Waals surface area (Å²) >= 11 is 0. The zero-order valence-corrected chi connectivity index (χ0v) is 12.3. The summed E-state index contributed by atoms with van der Waals surface area (Å²) in [5, 5.41) is 9.31. The molecule has 0 amide bonds. The quantitative estimate of drug-likeness (QED) is 0.919. The first-order chi connectivity index (χ1) is 9.50. The van der Waals surface area contributed by atoms with Crippen LogP contribution in [0, 0.1) is 5.92 Å². The molecular formula is C15H17NO3S. The Kier molecular flexibility index (Phi) is 4.49. The van der Waals surface area contributed by atoms with Crippen LogP contribution in [0.4, 0.5) is 0 Å². The van der Waals surface area contributed by atoms with Crippen LogP contribution in [-0.2, 0) is 21.3 Å². The molecule has 20 heavy (non-hydrogen) atoms. The topological polar surface area (TPSA) is 67.3 Å². The van der Waals surface area contributed by atoms with E-state index in [1.54, 1.807) is 20.0 Å². The van der Waals surface area contributed by atoms with E-state index >= 15 is 0 Å². The Morgan fingerprint density at radius 3 is 2.65 bits per heavy atom. The summed E-state index contributed by atoms with van der Waals surface area (Å²) in [7, 11) is -1.46. The van der Waals surface area contributed by atoms with Gasteiger partial charge in [-0.25, -0.2) is 0 Å². The standard InChI is InChI=1S/C15H17NO3S/c1-10(2)14(15(17)18)20(19)9-12-6-3-5-11-7-4-8-16-13(11)12/h3-8,10,14H,9H2,1-2H3,(H,17,18). The maximum Gasteiger partial charge on any atom is 0.319 e. The van der Waals surface area contributed by atoms with Crippen LogP contribution in [0.5, 0.6) is 0 Å². The Bertz CT molecular complexity index is 649. The molecule has 0 aliphatic rings. The summed E-state index contributed by atoms with van der Waals surface area (Å²) < 4.78 is 12.3. The minimum atomic E-state index is -1.46. The average Bonchev–Trinajstić information content (AvgIpc) is 2.38. The molecule has 106 valence electrons. The second-order valence-corrected chi connectivity index (χ2v) is 6.58. The van der Waals surface area contributed by atoms with Crippen LogP contribution >= 0.6 is 0 Å². The molecule has 1 heterocycles. The minimum absolute atomic E-state index is 0.170. The number of hydrogen-bond donors (Lipinski definition) is 1. The maximum atomic E-state index is 12.3. The third-order valence-electron chi connectivity index (χ3n) is 3.15. The van der Waals surface area contributed by atoms with Gasteiger partial charge in [0.2, 0.25) is 0 Å². The molecule has 1 aromatic heterocycles. The van der Waals surface area contributed by atoms with Gasteiger partial charge >= 0.3 is 5.97 Å². The number of aliphatic carboxylic acids is 1. The Morgan fingerprint density at radius 2 is 2.00 bits per heavy atom. The Morgan fingerprint density at radius 1 is 1.30 bits per heavy atom. The summed E-state index contributed by atoms with van der Waals surface area (Å²) in [5.74, 6) is -0.966. The number of hydrogen-bond acceptors (Lipinski definition) is 3. The van der Waals surface area contributed by atoms with E-state index in [1.807, 2.05) is 30.3 Å². The number of benzene rings is 1. The van der Waals surface area contributed by atoms with E-state index in [0.29, 0.717) is 0 Å². The lowest BCUT2D eigenvalue weighted by Crippen LogP contribution is -2.31. The normalized spacial score (nSPS) is 14.3. The minimum Gasteiger partial charge on any atom is -0.480 e. The van der Waals surface area contributed by atoms with Gasteiger partial charge in [0.1, 0.15) is 5.25 Å². The molecule has 4 nitrogen and oxygen atoms in total. The zero-order valence-electron chi connectivity index (χ0n) is 11.4. The third-order valence-corrected chi connectivity index (χ3v) is 5.05. The summed E-state index contributed by atoms with van der Waals surface area (Å²) in [6.07, 6.45) is 1.69. The van der Waals surface area contributed by atoms with Crippen LogP contribution in [0.25, 0.3) is 10.9 Å². The molecule has 0 saturated carbocycles. The number of carbonyl (C=O) groups is 1. The molecule has 0 bridgehead atoms. The summed E-state index contributed by atoms with van der Waals surface area (Å²) in [4.78, 5) is 15.5. The highest BCUT2D eigenvalue weighted by molar-refractivity contribution is 7.85. The van der Waals surface area contributed by atoms with Crippen LogP contribution in [0.1, 0.15) is 19.4 Å². The van der Waals surface area contributed by atoms with Crippen molar-refractivity contribution in [1.82, 2.24) is 4.98 Å². The first kappa shape index (κ1) is 14.7. The highest BCUT2D eigenvalue weighted by Crippen LogP contribution is 2.20. The average molecular weight is 291 g/mol. The monoisotopic (exact) mass is 291 g/mol. The lowest BCUT2D eigenvalue weighted by atomic mass is 10.1. The van der Waals surface area contributed by atoms with E-state index in [9.17, 15) is 14.1 Å².